The fourth-order valence-corrected chi connectivity index (χ4v) is 4.51. The summed E-state index contributed by atoms with van der Waals surface area (Å²) in [7, 11) is 0. The second kappa shape index (κ2) is 7.98. The third-order valence-corrected chi connectivity index (χ3v) is 5.70. The van der Waals surface area contributed by atoms with Crippen LogP contribution in [0.5, 0.6) is 5.75 Å². The lowest BCUT2D eigenvalue weighted by Gasteiger charge is -2.30. The largest absolute Gasteiger partial charge is 0.494 e. The lowest BCUT2D eigenvalue weighted by Crippen LogP contribution is -2.27. The van der Waals surface area contributed by atoms with E-state index in [1.807, 2.05) is 11.3 Å². The number of aryl methyl sites for hydroxylation is 1. The minimum atomic E-state index is 0.561. The van der Waals surface area contributed by atoms with E-state index in [0.29, 0.717) is 6.04 Å². The molecule has 0 radical (unpaired) electrons. The van der Waals surface area contributed by atoms with Crippen molar-refractivity contribution in [1.29, 1.82) is 0 Å². The monoisotopic (exact) mass is 329 g/mol. The van der Waals surface area contributed by atoms with Gasteiger partial charge in [-0.3, -0.25) is 4.90 Å². The van der Waals surface area contributed by atoms with Gasteiger partial charge in [0.25, 0.3) is 0 Å². The van der Waals surface area contributed by atoms with Gasteiger partial charge in [0, 0.05) is 27.9 Å². The Morgan fingerprint density at radius 3 is 2.78 bits per heavy atom. The molecule has 23 heavy (non-hydrogen) atoms. The Labute approximate surface area is 144 Å². The van der Waals surface area contributed by atoms with Crippen LogP contribution in [0, 0.1) is 6.92 Å². The van der Waals surface area contributed by atoms with Crippen molar-refractivity contribution in [3.05, 3.63) is 51.7 Å². The predicted molar refractivity (Wildman–Crippen MR) is 98.3 cm³/mol. The average molecular weight is 330 g/mol. The number of nitrogens with zero attached hydrogens (tertiary/aromatic N) is 1. The van der Waals surface area contributed by atoms with Gasteiger partial charge in [0.15, 0.2) is 0 Å². The van der Waals surface area contributed by atoms with E-state index in [2.05, 4.69) is 55.1 Å². The minimum Gasteiger partial charge on any atom is -0.494 e. The fourth-order valence-electron chi connectivity index (χ4n) is 3.46. The van der Waals surface area contributed by atoms with Crippen molar-refractivity contribution in [2.45, 2.75) is 52.1 Å². The number of likely N-dealkylation sites (tertiary alicyclic amines) is 1. The Bertz CT molecular complexity index is 622. The zero-order valence-electron chi connectivity index (χ0n) is 14.3. The summed E-state index contributed by atoms with van der Waals surface area (Å²) in [4.78, 5) is 5.60. The first kappa shape index (κ1) is 16.5. The smallest absolute Gasteiger partial charge is 0.123 e. The summed E-state index contributed by atoms with van der Waals surface area (Å²) in [5.41, 5.74) is 1.31. The molecule has 1 fully saturated rings. The van der Waals surface area contributed by atoms with Crippen molar-refractivity contribution in [3.63, 3.8) is 0 Å². The summed E-state index contributed by atoms with van der Waals surface area (Å²) in [5.74, 6) is 1.04. The minimum absolute atomic E-state index is 0.561. The first-order valence-corrected chi connectivity index (χ1v) is 9.60. The number of para-hydroxylation sites is 1. The van der Waals surface area contributed by atoms with Gasteiger partial charge in [0.05, 0.1) is 6.61 Å². The highest BCUT2D eigenvalue weighted by Crippen LogP contribution is 2.36. The topological polar surface area (TPSA) is 12.5 Å². The van der Waals surface area contributed by atoms with E-state index in [-0.39, 0.29) is 0 Å². The molecule has 0 amide bonds. The Morgan fingerprint density at radius 1 is 1.13 bits per heavy atom. The third kappa shape index (κ3) is 4.15. The lowest BCUT2D eigenvalue weighted by atomic mass is 10.1. The van der Waals surface area contributed by atoms with Crippen LogP contribution in [-0.4, -0.2) is 18.1 Å². The number of hydrogen-bond acceptors (Lipinski definition) is 3. The van der Waals surface area contributed by atoms with E-state index in [9.17, 15) is 0 Å². The quantitative estimate of drug-likeness (QED) is 0.711. The van der Waals surface area contributed by atoms with Gasteiger partial charge in [0.1, 0.15) is 5.75 Å². The Balaban J connectivity index is 1.83. The average Bonchev–Trinajstić information content (AvgIpc) is 2.85. The summed E-state index contributed by atoms with van der Waals surface area (Å²) in [6.45, 7) is 7.16. The molecule has 1 aromatic heterocycles. The molecule has 0 aliphatic carbocycles. The van der Waals surface area contributed by atoms with Gasteiger partial charge >= 0.3 is 0 Å². The first-order valence-electron chi connectivity index (χ1n) is 8.79. The molecule has 1 saturated heterocycles. The van der Waals surface area contributed by atoms with Crippen LogP contribution >= 0.6 is 11.3 Å². The van der Waals surface area contributed by atoms with Gasteiger partial charge in [-0.05, 0) is 51.4 Å². The first-order chi connectivity index (χ1) is 11.3. The second-order valence-electron chi connectivity index (χ2n) is 6.32. The molecule has 0 N–H and O–H groups in total. The second-order valence-corrected chi connectivity index (χ2v) is 7.64. The van der Waals surface area contributed by atoms with Crippen LogP contribution in [-0.2, 0) is 6.54 Å². The zero-order chi connectivity index (χ0) is 16.1. The molecule has 0 spiro atoms. The van der Waals surface area contributed by atoms with Crippen molar-refractivity contribution in [1.82, 2.24) is 4.90 Å². The highest BCUT2D eigenvalue weighted by atomic mass is 32.1. The molecule has 2 heterocycles. The number of ether oxygens (including phenoxy) is 1. The van der Waals surface area contributed by atoms with Crippen LogP contribution in [0.1, 0.15) is 54.0 Å². The SMILES string of the molecule is CCOc1ccccc1CN1CCCCCC1c1ccc(C)s1. The van der Waals surface area contributed by atoms with Gasteiger partial charge in [-0.15, -0.1) is 11.3 Å². The number of thiophene rings is 1. The zero-order valence-corrected chi connectivity index (χ0v) is 15.1. The molecular weight excluding hydrogens is 302 g/mol. The van der Waals surface area contributed by atoms with E-state index in [1.165, 1.54) is 47.5 Å². The van der Waals surface area contributed by atoms with Crippen LogP contribution in [0.4, 0.5) is 0 Å². The maximum Gasteiger partial charge on any atom is 0.123 e. The summed E-state index contributed by atoms with van der Waals surface area (Å²) in [5, 5.41) is 0. The van der Waals surface area contributed by atoms with Crippen LogP contribution in [0.25, 0.3) is 0 Å². The Hall–Kier alpha value is -1.32. The molecule has 3 heteroatoms. The van der Waals surface area contributed by atoms with Gasteiger partial charge in [-0.2, -0.15) is 0 Å². The molecule has 1 aromatic carbocycles. The maximum atomic E-state index is 5.83. The predicted octanol–water partition coefficient (Wildman–Crippen LogP) is 5.57. The van der Waals surface area contributed by atoms with Crippen molar-refractivity contribution >= 4 is 11.3 Å². The van der Waals surface area contributed by atoms with Crippen LogP contribution in [0.2, 0.25) is 0 Å². The van der Waals surface area contributed by atoms with Crippen molar-refractivity contribution in [2.24, 2.45) is 0 Å². The highest BCUT2D eigenvalue weighted by molar-refractivity contribution is 7.12. The molecule has 2 aromatic rings. The van der Waals surface area contributed by atoms with E-state index in [1.54, 1.807) is 0 Å². The lowest BCUT2D eigenvalue weighted by molar-refractivity contribution is 0.192. The van der Waals surface area contributed by atoms with Crippen molar-refractivity contribution in [3.8, 4) is 5.75 Å². The summed E-state index contributed by atoms with van der Waals surface area (Å²) < 4.78 is 5.83. The molecule has 1 atom stereocenters. The summed E-state index contributed by atoms with van der Waals surface area (Å²) in [6, 6.07) is 13.7. The molecule has 1 unspecified atom stereocenters. The van der Waals surface area contributed by atoms with E-state index in [0.717, 1.165) is 18.9 Å². The highest BCUT2D eigenvalue weighted by Gasteiger charge is 2.24. The molecule has 0 saturated carbocycles. The molecule has 1 aliphatic heterocycles. The van der Waals surface area contributed by atoms with Crippen LogP contribution in [0.3, 0.4) is 0 Å². The van der Waals surface area contributed by atoms with Crippen LogP contribution in [0.15, 0.2) is 36.4 Å². The van der Waals surface area contributed by atoms with Crippen molar-refractivity contribution < 1.29 is 4.74 Å². The molecule has 124 valence electrons. The van der Waals surface area contributed by atoms with E-state index >= 15 is 0 Å². The summed E-state index contributed by atoms with van der Waals surface area (Å²) >= 11 is 1.96. The molecule has 3 rings (SSSR count). The van der Waals surface area contributed by atoms with Gasteiger partial charge in [-0.1, -0.05) is 31.0 Å². The number of rotatable bonds is 5. The number of benzene rings is 1. The summed E-state index contributed by atoms with van der Waals surface area (Å²) in [6.07, 6.45) is 5.27. The van der Waals surface area contributed by atoms with Crippen LogP contribution < -0.4 is 4.74 Å². The molecule has 1 aliphatic rings. The number of hydrogen-bond donors (Lipinski definition) is 0. The fraction of sp³-hybridized carbons (Fsp3) is 0.500. The Kier molecular flexibility index (Phi) is 5.74. The molecule has 2 nitrogen and oxygen atoms in total. The van der Waals surface area contributed by atoms with E-state index in [4.69, 9.17) is 4.74 Å². The third-order valence-electron chi connectivity index (χ3n) is 4.60. The van der Waals surface area contributed by atoms with Gasteiger partial charge < -0.3 is 4.74 Å². The maximum absolute atomic E-state index is 5.83. The standard InChI is InChI=1S/C20H27NOS/c1-3-22-19-11-7-6-9-17(19)15-21-14-8-4-5-10-18(21)20-13-12-16(2)23-20/h6-7,9,11-13,18H,3-5,8,10,14-15H2,1-2H3. The van der Waals surface area contributed by atoms with Gasteiger partial charge in [0.2, 0.25) is 0 Å². The Morgan fingerprint density at radius 2 is 2.00 bits per heavy atom. The normalized spacial score (nSPS) is 19.5. The van der Waals surface area contributed by atoms with Crippen molar-refractivity contribution in [2.75, 3.05) is 13.2 Å². The van der Waals surface area contributed by atoms with Gasteiger partial charge in [-0.25, -0.2) is 0 Å². The molecule has 0 bridgehead atoms. The molecular formula is C20H27NOS. The van der Waals surface area contributed by atoms with E-state index < -0.39 is 0 Å².